The first-order valence-corrected chi connectivity index (χ1v) is 8.21. The summed E-state index contributed by atoms with van der Waals surface area (Å²) >= 11 is 9.41. The number of carbonyl (C=O) groups excluding carboxylic acids is 1. The molecular weight excluding hydrogens is 380 g/mol. The molecule has 6 heteroatoms. The van der Waals surface area contributed by atoms with Gasteiger partial charge in [-0.25, -0.2) is 0 Å². The lowest BCUT2D eigenvalue weighted by atomic mass is 10.2. The van der Waals surface area contributed by atoms with E-state index in [0.717, 1.165) is 10.0 Å². The van der Waals surface area contributed by atoms with Crippen LogP contribution in [0, 0.1) is 0 Å². The van der Waals surface area contributed by atoms with Crippen molar-refractivity contribution in [3.63, 3.8) is 0 Å². The van der Waals surface area contributed by atoms with E-state index in [2.05, 4.69) is 21.2 Å². The second kappa shape index (κ2) is 8.34. The number of anilines is 1. The first kappa shape index (κ1) is 17.8. The molecule has 2 aromatic rings. The Balaban J connectivity index is 1.95. The van der Waals surface area contributed by atoms with Gasteiger partial charge in [0.25, 0.3) is 0 Å². The largest absolute Gasteiger partial charge is 0.495 e. The number of rotatable bonds is 6. The van der Waals surface area contributed by atoms with Crippen LogP contribution in [-0.4, -0.2) is 31.5 Å². The molecule has 1 amide bonds. The Morgan fingerprint density at radius 2 is 2.09 bits per heavy atom. The van der Waals surface area contributed by atoms with Gasteiger partial charge >= 0.3 is 0 Å². The average Bonchev–Trinajstić information content (AvgIpc) is 2.47. The van der Waals surface area contributed by atoms with Crippen molar-refractivity contribution in [2.45, 2.75) is 6.54 Å². The highest BCUT2D eigenvalue weighted by atomic mass is 79.9. The number of amides is 1. The van der Waals surface area contributed by atoms with E-state index in [1.54, 1.807) is 25.3 Å². The molecule has 0 saturated carbocycles. The number of ether oxygens (including phenoxy) is 1. The minimum Gasteiger partial charge on any atom is -0.495 e. The highest BCUT2D eigenvalue weighted by Crippen LogP contribution is 2.27. The van der Waals surface area contributed by atoms with Gasteiger partial charge in [0, 0.05) is 16.0 Å². The fraction of sp³-hybridized carbons (Fsp3) is 0.235. The van der Waals surface area contributed by atoms with Crippen LogP contribution in [0.1, 0.15) is 5.56 Å². The zero-order valence-corrected chi connectivity index (χ0v) is 15.3. The van der Waals surface area contributed by atoms with Gasteiger partial charge in [-0.05, 0) is 42.9 Å². The Labute approximate surface area is 149 Å². The van der Waals surface area contributed by atoms with Crippen molar-refractivity contribution in [3.05, 3.63) is 57.5 Å². The summed E-state index contributed by atoms with van der Waals surface area (Å²) in [6.07, 6.45) is 0. The van der Waals surface area contributed by atoms with Crippen molar-refractivity contribution in [3.8, 4) is 5.75 Å². The third-order valence-electron chi connectivity index (χ3n) is 3.19. The molecular formula is C17H18BrClN2O2. The predicted molar refractivity (Wildman–Crippen MR) is 97.1 cm³/mol. The van der Waals surface area contributed by atoms with Crippen molar-refractivity contribution >= 4 is 39.1 Å². The van der Waals surface area contributed by atoms with Gasteiger partial charge in [0.2, 0.25) is 5.91 Å². The Morgan fingerprint density at radius 3 is 2.78 bits per heavy atom. The number of carbonyl (C=O) groups is 1. The van der Waals surface area contributed by atoms with E-state index in [1.165, 1.54) is 0 Å². The summed E-state index contributed by atoms with van der Waals surface area (Å²) in [5.41, 5.74) is 1.70. The predicted octanol–water partition coefficient (Wildman–Crippen LogP) is 4.18. The Kier molecular flexibility index (Phi) is 6.45. The molecule has 1 N–H and O–H groups in total. The van der Waals surface area contributed by atoms with Crippen LogP contribution in [0.15, 0.2) is 46.9 Å². The maximum Gasteiger partial charge on any atom is 0.238 e. The van der Waals surface area contributed by atoms with Gasteiger partial charge in [-0.3, -0.25) is 9.69 Å². The molecule has 0 radical (unpaired) electrons. The number of halogens is 2. The van der Waals surface area contributed by atoms with Crippen molar-refractivity contribution in [1.29, 1.82) is 0 Å². The second-order valence-corrected chi connectivity index (χ2v) is 6.55. The number of nitrogens with zero attached hydrogens (tertiary/aromatic N) is 1. The molecule has 0 saturated heterocycles. The van der Waals surface area contributed by atoms with Crippen molar-refractivity contribution in [2.75, 3.05) is 26.0 Å². The molecule has 23 heavy (non-hydrogen) atoms. The summed E-state index contributed by atoms with van der Waals surface area (Å²) in [7, 11) is 3.45. The summed E-state index contributed by atoms with van der Waals surface area (Å²) in [6, 6.07) is 13.1. The van der Waals surface area contributed by atoms with Gasteiger partial charge in [0.05, 0.1) is 19.3 Å². The fourth-order valence-corrected chi connectivity index (χ4v) is 2.83. The van der Waals surface area contributed by atoms with Crippen LogP contribution in [-0.2, 0) is 11.3 Å². The van der Waals surface area contributed by atoms with Gasteiger partial charge in [0.15, 0.2) is 0 Å². The summed E-state index contributed by atoms with van der Waals surface area (Å²) in [5.74, 6) is 0.459. The minimum absolute atomic E-state index is 0.122. The number of hydrogen-bond donors (Lipinski definition) is 1. The average molecular weight is 398 g/mol. The van der Waals surface area contributed by atoms with E-state index < -0.39 is 0 Å². The zero-order chi connectivity index (χ0) is 16.8. The van der Waals surface area contributed by atoms with Crippen LogP contribution in [0.3, 0.4) is 0 Å². The topological polar surface area (TPSA) is 41.6 Å². The van der Waals surface area contributed by atoms with Crippen LogP contribution >= 0.6 is 27.5 Å². The number of benzene rings is 2. The van der Waals surface area contributed by atoms with Crippen LogP contribution in [0.25, 0.3) is 0 Å². The molecule has 0 aliphatic rings. The zero-order valence-electron chi connectivity index (χ0n) is 13.0. The molecule has 0 fully saturated rings. The molecule has 0 bridgehead atoms. The Bertz CT molecular complexity index is 694. The summed E-state index contributed by atoms with van der Waals surface area (Å²) in [4.78, 5) is 14.1. The minimum atomic E-state index is -0.122. The lowest BCUT2D eigenvalue weighted by Crippen LogP contribution is -2.29. The number of methoxy groups -OCH3 is 1. The highest BCUT2D eigenvalue weighted by Gasteiger charge is 2.11. The van der Waals surface area contributed by atoms with E-state index in [1.807, 2.05) is 36.2 Å². The maximum atomic E-state index is 12.2. The molecule has 0 aromatic heterocycles. The van der Waals surface area contributed by atoms with Gasteiger partial charge < -0.3 is 10.1 Å². The Hall–Kier alpha value is -1.56. The van der Waals surface area contributed by atoms with Crippen molar-refractivity contribution in [2.24, 2.45) is 0 Å². The fourth-order valence-electron chi connectivity index (χ4n) is 2.22. The lowest BCUT2D eigenvalue weighted by Gasteiger charge is -2.17. The van der Waals surface area contributed by atoms with Crippen LogP contribution in [0.5, 0.6) is 5.75 Å². The first-order chi connectivity index (χ1) is 11.0. The van der Waals surface area contributed by atoms with E-state index >= 15 is 0 Å². The molecule has 122 valence electrons. The van der Waals surface area contributed by atoms with Crippen LogP contribution < -0.4 is 10.1 Å². The maximum absolute atomic E-state index is 12.2. The number of hydrogen-bond acceptors (Lipinski definition) is 3. The summed E-state index contributed by atoms with van der Waals surface area (Å²) in [6.45, 7) is 0.946. The number of likely N-dealkylation sites (N-methyl/N-ethyl adjacent to an activating group) is 1. The molecule has 2 rings (SSSR count). The van der Waals surface area contributed by atoms with Crippen LogP contribution in [0.4, 0.5) is 5.69 Å². The number of nitrogens with one attached hydrogen (secondary N) is 1. The molecule has 0 heterocycles. The molecule has 0 atom stereocenters. The second-order valence-electron chi connectivity index (χ2n) is 5.19. The highest BCUT2D eigenvalue weighted by molar-refractivity contribution is 9.10. The van der Waals surface area contributed by atoms with Gasteiger partial charge in [-0.15, -0.1) is 0 Å². The molecule has 2 aromatic carbocycles. The third-order valence-corrected chi connectivity index (χ3v) is 3.92. The summed E-state index contributed by atoms with van der Waals surface area (Å²) < 4.78 is 6.25. The third kappa shape index (κ3) is 5.53. The molecule has 0 aliphatic carbocycles. The van der Waals surface area contributed by atoms with Gasteiger partial charge in [-0.2, -0.15) is 0 Å². The first-order valence-electron chi connectivity index (χ1n) is 7.04. The standard InChI is InChI=1S/C17H18BrClN2O2/c1-21(10-12-4-3-5-13(18)8-12)11-17(22)20-15-9-14(19)6-7-16(15)23-2/h3-9H,10-11H2,1-2H3,(H,20,22). The van der Waals surface area contributed by atoms with E-state index in [-0.39, 0.29) is 12.5 Å². The smallest absolute Gasteiger partial charge is 0.238 e. The summed E-state index contributed by atoms with van der Waals surface area (Å²) in [5, 5.41) is 3.38. The SMILES string of the molecule is COc1ccc(Cl)cc1NC(=O)CN(C)Cc1cccc(Br)c1. The van der Waals surface area contributed by atoms with Gasteiger partial charge in [-0.1, -0.05) is 39.7 Å². The molecule has 0 spiro atoms. The van der Waals surface area contributed by atoms with Crippen LogP contribution in [0.2, 0.25) is 5.02 Å². The monoisotopic (exact) mass is 396 g/mol. The molecule has 0 aliphatic heterocycles. The normalized spacial score (nSPS) is 10.7. The van der Waals surface area contributed by atoms with E-state index in [9.17, 15) is 4.79 Å². The van der Waals surface area contributed by atoms with Crippen molar-refractivity contribution < 1.29 is 9.53 Å². The van der Waals surface area contributed by atoms with Crippen molar-refractivity contribution in [1.82, 2.24) is 4.90 Å². The Morgan fingerprint density at radius 1 is 1.30 bits per heavy atom. The van der Waals surface area contributed by atoms with E-state index in [0.29, 0.717) is 23.0 Å². The van der Waals surface area contributed by atoms with E-state index in [4.69, 9.17) is 16.3 Å². The molecule has 4 nitrogen and oxygen atoms in total. The lowest BCUT2D eigenvalue weighted by molar-refractivity contribution is -0.117. The molecule has 0 unspecified atom stereocenters. The van der Waals surface area contributed by atoms with Gasteiger partial charge in [0.1, 0.15) is 5.75 Å². The quantitative estimate of drug-likeness (QED) is 0.795.